The molecule has 0 atom stereocenters. The van der Waals surface area contributed by atoms with Crippen LogP contribution >= 0.6 is 23.7 Å². The lowest BCUT2D eigenvalue weighted by atomic mass is 10.2. The molecule has 1 aliphatic rings. The lowest BCUT2D eigenvalue weighted by molar-refractivity contribution is 0.751. The quantitative estimate of drug-likeness (QED) is 0.902. The summed E-state index contributed by atoms with van der Waals surface area (Å²) in [6.07, 6.45) is 6.90. The Hall–Kier alpha value is -0.870. The largest absolute Gasteiger partial charge is 0.367 e. The van der Waals surface area contributed by atoms with Crippen LogP contribution in [0.4, 0.5) is 5.82 Å². The van der Waals surface area contributed by atoms with Gasteiger partial charge in [-0.15, -0.1) is 23.7 Å². The van der Waals surface area contributed by atoms with Crippen LogP contribution in [0.15, 0.2) is 6.33 Å². The van der Waals surface area contributed by atoms with Crippen LogP contribution in [0.3, 0.4) is 0 Å². The summed E-state index contributed by atoms with van der Waals surface area (Å²) in [6, 6.07) is 0.604. The van der Waals surface area contributed by atoms with Crippen LogP contribution in [0.2, 0.25) is 0 Å². The van der Waals surface area contributed by atoms with E-state index in [2.05, 4.69) is 29.1 Å². The topological polar surface area (TPSA) is 37.8 Å². The van der Waals surface area contributed by atoms with Crippen LogP contribution < -0.4 is 5.32 Å². The van der Waals surface area contributed by atoms with Gasteiger partial charge in [-0.05, 0) is 32.3 Å². The maximum Gasteiger partial charge on any atom is 0.138 e. The highest BCUT2D eigenvalue weighted by Gasteiger charge is 2.18. The van der Waals surface area contributed by atoms with Gasteiger partial charge in [0.2, 0.25) is 0 Å². The van der Waals surface area contributed by atoms with Gasteiger partial charge in [-0.3, -0.25) is 0 Å². The maximum absolute atomic E-state index is 4.43. The molecule has 0 radical (unpaired) electrons. The van der Waals surface area contributed by atoms with E-state index in [1.165, 1.54) is 41.5 Å². The summed E-state index contributed by atoms with van der Waals surface area (Å²) >= 11 is 1.76. The number of halogens is 1. The van der Waals surface area contributed by atoms with E-state index in [1.54, 1.807) is 17.7 Å². The second-order valence-corrected chi connectivity index (χ2v) is 6.01. The summed E-state index contributed by atoms with van der Waals surface area (Å²) in [4.78, 5) is 11.2. The second kappa shape index (κ2) is 5.41. The summed E-state index contributed by atoms with van der Waals surface area (Å²) < 4.78 is 0. The van der Waals surface area contributed by atoms with Gasteiger partial charge < -0.3 is 5.32 Å². The molecule has 0 aromatic carbocycles. The van der Waals surface area contributed by atoms with Crippen molar-refractivity contribution in [1.29, 1.82) is 0 Å². The molecule has 3 rings (SSSR count). The van der Waals surface area contributed by atoms with E-state index in [4.69, 9.17) is 0 Å². The number of hydrogen-bond acceptors (Lipinski definition) is 4. The predicted octanol–water partition coefficient (Wildman–Crippen LogP) is 4.08. The zero-order valence-electron chi connectivity index (χ0n) is 10.7. The second-order valence-electron chi connectivity index (χ2n) is 4.81. The minimum absolute atomic E-state index is 0. The summed E-state index contributed by atoms with van der Waals surface area (Å²) in [5.41, 5.74) is 1.33. The molecular formula is C13H18ClN3S. The molecule has 1 fully saturated rings. The molecule has 1 N–H and O–H groups in total. The highest BCUT2D eigenvalue weighted by Crippen LogP contribution is 2.33. The van der Waals surface area contributed by atoms with Crippen LogP contribution in [-0.4, -0.2) is 16.0 Å². The Bertz CT molecular complexity index is 546. The Morgan fingerprint density at radius 1 is 1.22 bits per heavy atom. The van der Waals surface area contributed by atoms with Gasteiger partial charge in [-0.25, -0.2) is 9.97 Å². The molecule has 0 saturated heterocycles. The van der Waals surface area contributed by atoms with Gasteiger partial charge in [0, 0.05) is 10.9 Å². The third-order valence-electron chi connectivity index (χ3n) is 3.66. The van der Waals surface area contributed by atoms with Crippen molar-refractivity contribution < 1.29 is 0 Å². The zero-order chi connectivity index (χ0) is 11.8. The minimum Gasteiger partial charge on any atom is -0.367 e. The van der Waals surface area contributed by atoms with Gasteiger partial charge in [0.25, 0.3) is 0 Å². The number of fused-ring (bicyclic) bond motifs is 1. The van der Waals surface area contributed by atoms with Crippen molar-refractivity contribution in [3.05, 3.63) is 16.8 Å². The SMILES string of the molecule is Cc1sc2ncnc(NC3CCCC3)c2c1C.Cl. The first-order valence-corrected chi connectivity index (χ1v) is 7.04. The first-order chi connectivity index (χ1) is 8.25. The van der Waals surface area contributed by atoms with Gasteiger partial charge in [0.1, 0.15) is 17.0 Å². The van der Waals surface area contributed by atoms with Crippen LogP contribution in [0.25, 0.3) is 10.2 Å². The van der Waals surface area contributed by atoms with E-state index in [1.807, 2.05) is 0 Å². The van der Waals surface area contributed by atoms with Crippen LogP contribution in [0.1, 0.15) is 36.1 Å². The van der Waals surface area contributed by atoms with E-state index in [0.29, 0.717) is 6.04 Å². The first kappa shape index (κ1) is 13.6. The predicted molar refractivity (Wildman–Crippen MR) is 80.0 cm³/mol. The van der Waals surface area contributed by atoms with Crippen molar-refractivity contribution in [2.75, 3.05) is 5.32 Å². The molecule has 3 nitrogen and oxygen atoms in total. The molecular weight excluding hydrogens is 266 g/mol. The number of anilines is 1. The Labute approximate surface area is 117 Å². The molecule has 5 heteroatoms. The van der Waals surface area contributed by atoms with E-state index in [0.717, 1.165) is 10.6 Å². The third-order valence-corrected chi connectivity index (χ3v) is 4.78. The molecule has 2 aromatic rings. The third kappa shape index (κ3) is 2.31. The molecule has 2 heterocycles. The molecule has 0 bridgehead atoms. The van der Waals surface area contributed by atoms with E-state index >= 15 is 0 Å². The van der Waals surface area contributed by atoms with Crippen molar-refractivity contribution in [1.82, 2.24) is 9.97 Å². The van der Waals surface area contributed by atoms with Crippen molar-refractivity contribution in [2.24, 2.45) is 0 Å². The molecule has 1 aliphatic carbocycles. The molecule has 1 saturated carbocycles. The van der Waals surface area contributed by atoms with Crippen LogP contribution in [-0.2, 0) is 0 Å². The number of aryl methyl sites for hydroxylation is 2. The lowest BCUT2D eigenvalue weighted by Crippen LogP contribution is -2.15. The van der Waals surface area contributed by atoms with Crippen molar-refractivity contribution in [2.45, 2.75) is 45.6 Å². The Morgan fingerprint density at radius 2 is 1.94 bits per heavy atom. The van der Waals surface area contributed by atoms with Crippen LogP contribution in [0.5, 0.6) is 0 Å². The van der Waals surface area contributed by atoms with Gasteiger partial charge >= 0.3 is 0 Å². The fourth-order valence-corrected chi connectivity index (χ4v) is 3.55. The molecule has 2 aromatic heterocycles. The van der Waals surface area contributed by atoms with Gasteiger partial charge in [-0.2, -0.15) is 0 Å². The smallest absolute Gasteiger partial charge is 0.138 e. The Morgan fingerprint density at radius 3 is 2.67 bits per heavy atom. The standard InChI is InChI=1S/C13H17N3S.ClH/c1-8-9(2)17-13-11(8)12(14-7-15-13)16-10-5-3-4-6-10;/h7,10H,3-6H2,1-2H3,(H,14,15,16);1H. The Balaban J connectivity index is 0.00000120. The zero-order valence-corrected chi connectivity index (χ0v) is 12.3. The van der Waals surface area contributed by atoms with Crippen LogP contribution in [0, 0.1) is 13.8 Å². The number of hydrogen-bond donors (Lipinski definition) is 1. The van der Waals surface area contributed by atoms with Gasteiger partial charge in [-0.1, -0.05) is 12.8 Å². The summed E-state index contributed by atoms with van der Waals surface area (Å²) in [7, 11) is 0. The number of aromatic nitrogens is 2. The average Bonchev–Trinajstić information content (AvgIpc) is 2.90. The minimum atomic E-state index is 0. The van der Waals surface area contributed by atoms with E-state index < -0.39 is 0 Å². The molecule has 0 spiro atoms. The fraction of sp³-hybridized carbons (Fsp3) is 0.538. The highest BCUT2D eigenvalue weighted by molar-refractivity contribution is 7.18. The molecule has 98 valence electrons. The molecule has 0 unspecified atom stereocenters. The fourth-order valence-electron chi connectivity index (χ4n) is 2.56. The highest BCUT2D eigenvalue weighted by atomic mass is 35.5. The monoisotopic (exact) mass is 283 g/mol. The van der Waals surface area contributed by atoms with Gasteiger partial charge in [0.05, 0.1) is 5.39 Å². The summed E-state index contributed by atoms with van der Waals surface area (Å²) in [5, 5.41) is 4.82. The number of nitrogens with zero attached hydrogens (tertiary/aromatic N) is 2. The normalized spacial score (nSPS) is 15.9. The maximum atomic E-state index is 4.43. The lowest BCUT2D eigenvalue weighted by Gasteiger charge is -2.13. The first-order valence-electron chi connectivity index (χ1n) is 6.23. The van der Waals surface area contributed by atoms with Crippen molar-refractivity contribution >= 4 is 39.8 Å². The van der Waals surface area contributed by atoms with Crippen molar-refractivity contribution in [3.63, 3.8) is 0 Å². The summed E-state index contributed by atoms with van der Waals surface area (Å²) in [6.45, 7) is 4.32. The molecule has 0 amide bonds. The number of rotatable bonds is 2. The van der Waals surface area contributed by atoms with E-state index in [9.17, 15) is 0 Å². The molecule has 0 aliphatic heterocycles. The van der Waals surface area contributed by atoms with E-state index in [-0.39, 0.29) is 12.4 Å². The average molecular weight is 284 g/mol. The number of thiophene rings is 1. The number of nitrogens with one attached hydrogen (secondary N) is 1. The molecule has 18 heavy (non-hydrogen) atoms. The summed E-state index contributed by atoms with van der Waals surface area (Å²) in [5.74, 6) is 1.03. The Kier molecular flexibility index (Phi) is 4.07. The van der Waals surface area contributed by atoms with Crippen molar-refractivity contribution in [3.8, 4) is 0 Å². The van der Waals surface area contributed by atoms with Gasteiger partial charge in [0.15, 0.2) is 0 Å².